The zero-order valence-corrected chi connectivity index (χ0v) is 36.5. The van der Waals surface area contributed by atoms with Crippen molar-refractivity contribution in [1.82, 2.24) is 16.0 Å². The summed E-state index contributed by atoms with van der Waals surface area (Å²) in [6.07, 6.45) is 3.26. The van der Waals surface area contributed by atoms with Crippen molar-refractivity contribution in [2.45, 2.75) is 221 Å². The minimum atomic E-state index is -1.68. The SMILES string of the molecule is CC(C)CC(O)CC(C)C.CC1(C)CC(OC(=O)C(C(=O)OC2CC(C)(C)NC(C)(C)C2)C(C=O)C(O)OC2CC(C)(C)NC(C)(C)C2)CN1.CCC. The highest BCUT2D eigenvalue weighted by Gasteiger charge is 2.48. The Morgan fingerprint density at radius 2 is 1.02 bits per heavy atom. The van der Waals surface area contributed by atoms with Crippen LogP contribution in [0, 0.1) is 23.7 Å². The van der Waals surface area contributed by atoms with E-state index in [1.807, 2.05) is 69.2 Å². The second-order valence-electron chi connectivity index (χ2n) is 20.1. The standard InChI is InChI=1S/C30H53N3O7.C9H20O.C3H8/c1-26(2)15-20(16-31-26)40-25(37)22(24(36)39-19-13-29(7,8)33-30(9,10)14-19)21(17-34)23(35)38-18-11-27(3,4)32-28(5,6)12-18;1-7(2)5-9(10)6-8(3)4;1-3-2/h17-23,31-33,35H,11-16H2,1-10H3;7-10H,5-6H2,1-4H3;3H2,1-2H3. The number of hydrogen-bond donors (Lipinski definition) is 5. The molecule has 4 unspecified atom stereocenters. The minimum absolute atomic E-state index is 0.0833. The van der Waals surface area contributed by atoms with E-state index in [-0.39, 0.29) is 39.9 Å². The van der Waals surface area contributed by atoms with Gasteiger partial charge in [0.05, 0.1) is 18.1 Å². The van der Waals surface area contributed by atoms with Gasteiger partial charge in [0.1, 0.15) is 18.5 Å². The van der Waals surface area contributed by atoms with Crippen LogP contribution >= 0.6 is 0 Å². The maximum atomic E-state index is 13.7. The summed E-state index contributed by atoms with van der Waals surface area (Å²) in [6.45, 7) is 33.6. The molecule has 0 aliphatic carbocycles. The first-order valence-corrected chi connectivity index (χ1v) is 20.3. The molecule has 53 heavy (non-hydrogen) atoms. The predicted octanol–water partition coefficient (Wildman–Crippen LogP) is 6.45. The number of carbonyl (C=O) groups excluding carboxylic acids is 3. The first-order chi connectivity index (χ1) is 24.0. The number of carbonyl (C=O) groups is 3. The second-order valence-corrected chi connectivity index (χ2v) is 20.1. The molecular formula is C42H81N3O8. The maximum Gasteiger partial charge on any atom is 0.321 e. The Balaban J connectivity index is 0.000000922. The van der Waals surface area contributed by atoms with E-state index in [2.05, 4.69) is 57.5 Å². The minimum Gasteiger partial charge on any atom is -0.462 e. The summed E-state index contributed by atoms with van der Waals surface area (Å²) in [5.74, 6) is -3.65. The van der Waals surface area contributed by atoms with Crippen LogP contribution < -0.4 is 16.0 Å². The van der Waals surface area contributed by atoms with Gasteiger partial charge in [-0.25, -0.2) is 0 Å². The van der Waals surface area contributed by atoms with Crippen LogP contribution in [0.3, 0.4) is 0 Å². The van der Waals surface area contributed by atoms with Gasteiger partial charge in [-0.3, -0.25) is 9.59 Å². The smallest absolute Gasteiger partial charge is 0.321 e. The van der Waals surface area contributed by atoms with Crippen molar-refractivity contribution in [3.63, 3.8) is 0 Å². The van der Waals surface area contributed by atoms with Gasteiger partial charge in [-0.1, -0.05) is 48.0 Å². The van der Waals surface area contributed by atoms with Crippen LogP contribution in [0.5, 0.6) is 0 Å². The number of rotatable bonds is 13. The average Bonchev–Trinajstić information content (AvgIpc) is 3.25. The second kappa shape index (κ2) is 20.5. The molecule has 3 aliphatic heterocycles. The zero-order valence-electron chi connectivity index (χ0n) is 36.5. The number of esters is 2. The Morgan fingerprint density at radius 1 is 0.660 bits per heavy atom. The van der Waals surface area contributed by atoms with Crippen molar-refractivity contribution < 1.29 is 38.8 Å². The molecule has 3 saturated heterocycles. The number of ether oxygens (including phenoxy) is 3. The van der Waals surface area contributed by atoms with Gasteiger partial charge in [-0.05, 0) is 107 Å². The summed E-state index contributed by atoms with van der Waals surface area (Å²) in [4.78, 5) is 39.7. The molecule has 3 rings (SSSR count). The summed E-state index contributed by atoms with van der Waals surface area (Å²) in [5.41, 5.74) is -1.36. The molecule has 0 spiro atoms. The first kappa shape index (κ1) is 49.4. The Labute approximate surface area is 323 Å². The zero-order chi connectivity index (χ0) is 41.2. The van der Waals surface area contributed by atoms with Gasteiger partial charge in [0.2, 0.25) is 0 Å². The number of aliphatic hydroxyl groups excluding tert-OH is 2. The van der Waals surface area contributed by atoms with E-state index in [0.29, 0.717) is 56.8 Å². The lowest BCUT2D eigenvalue weighted by molar-refractivity contribution is -0.204. The van der Waals surface area contributed by atoms with E-state index in [1.54, 1.807) is 0 Å². The van der Waals surface area contributed by atoms with Gasteiger partial charge >= 0.3 is 11.9 Å². The summed E-state index contributed by atoms with van der Waals surface area (Å²) in [6, 6.07) is 0. The number of aldehydes is 1. The predicted molar refractivity (Wildman–Crippen MR) is 212 cm³/mol. The van der Waals surface area contributed by atoms with Crippen LogP contribution in [0.1, 0.15) is 162 Å². The van der Waals surface area contributed by atoms with Crippen molar-refractivity contribution in [3.8, 4) is 0 Å². The highest BCUT2D eigenvalue weighted by molar-refractivity contribution is 5.97. The van der Waals surface area contributed by atoms with Gasteiger partial charge in [0.15, 0.2) is 12.2 Å². The molecule has 0 bridgehead atoms. The quantitative estimate of drug-likeness (QED) is 0.0610. The Morgan fingerprint density at radius 3 is 1.36 bits per heavy atom. The molecule has 4 atom stereocenters. The monoisotopic (exact) mass is 756 g/mol. The molecule has 5 N–H and O–H groups in total. The molecule has 0 aromatic heterocycles. The van der Waals surface area contributed by atoms with Crippen LogP contribution in [0.2, 0.25) is 0 Å². The Hall–Kier alpha value is -1.63. The van der Waals surface area contributed by atoms with Crippen molar-refractivity contribution in [2.75, 3.05) is 6.54 Å². The van der Waals surface area contributed by atoms with Gasteiger partial charge in [-0.2, -0.15) is 0 Å². The molecule has 11 nitrogen and oxygen atoms in total. The lowest BCUT2D eigenvalue weighted by Crippen LogP contribution is -2.60. The van der Waals surface area contributed by atoms with Crippen molar-refractivity contribution >= 4 is 18.2 Å². The van der Waals surface area contributed by atoms with Crippen LogP contribution in [0.15, 0.2) is 0 Å². The summed E-state index contributed by atoms with van der Waals surface area (Å²) < 4.78 is 17.7. The molecule has 0 saturated carbocycles. The molecular weight excluding hydrogens is 674 g/mol. The largest absolute Gasteiger partial charge is 0.462 e. The molecule has 0 aromatic rings. The lowest BCUT2D eigenvalue weighted by atomic mass is 9.80. The number of hydrogen-bond acceptors (Lipinski definition) is 11. The fraction of sp³-hybridized carbons (Fsp3) is 0.929. The van der Waals surface area contributed by atoms with Crippen LogP contribution in [0.25, 0.3) is 0 Å². The third kappa shape index (κ3) is 18.7. The summed E-state index contributed by atoms with van der Waals surface area (Å²) in [5, 5.41) is 30.9. The van der Waals surface area contributed by atoms with Gasteiger partial charge in [-0.15, -0.1) is 0 Å². The molecule has 0 radical (unpaired) electrons. The highest BCUT2D eigenvalue weighted by Crippen LogP contribution is 2.35. The number of aliphatic hydroxyl groups is 2. The molecule has 3 heterocycles. The van der Waals surface area contributed by atoms with Gasteiger partial charge in [0, 0.05) is 53.5 Å². The first-order valence-electron chi connectivity index (χ1n) is 20.3. The molecule has 0 amide bonds. The maximum absolute atomic E-state index is 13.7. The van der Waals surface area contributed by atoms with E-state index < -0.39 is 42.3 Å². The van der Waals surface area contributed by atoms with Gasteiger partial charge < -0.3 is 45.2 Å². The lowest BCUT2D eigenvalue weighted by Gasteiger charge is -2.47. The van der Waals surface area contributed by atoms with E-state index in [9.17, 15) is 24.6 Å². The van der Waals surface area contributed by atoms with E-state index in [0.717, 1.165) is 12.8 Å². The normalized spacial score (nSPS) is 25.0. The topological polar surface area (TPSA) is 155 Å². The highest BCUT2D eigenvalue weighted by atomic mass is 16.6. The summed E-state index contributed by atoms with van der Waals surface area (Å²) in [7, 11) is 0. The molecule has 3 aliphatic rings. The molecule has 11 heteroatoms. The third-order valence-corrected chi connectivity index (χ3v) is 9.62. The molecule has 312 valence electrons. The molecule has 3 fully saturated rings. The third-order valence-electron chi connectivity index (χ3n) is 9.62. The van der Waals surface area contributed by atoms with Crippen molar-refractivity contribution in [1.29, 1.82) is 0 Å². The van der Waals surface area contributed by atoms with E-state index >= 15 is 0 Å². The van der Waals surface area contributed by atoms with Gasteiger partial charge in [0.25, 0.3) is 0 Å². The van der Waals surface area contributed by atoms with Crippen LogP contribution in [-0.2, 0) is 28.6 Å². The van der Waals surface area contributed by atoms with Crippen molar-refractivity contribution in [2.24, 2.45) is 23.7 Å². The van der Waals surface area contributed by atoms with E-state index in [1.165, 1.54) is 6.42 Å². The summed E-state index contributed by atoms with van der Waals surface area (Å²) >= 11 is 0. The van der Waals surface area contributed by atoms with Crippen LogP contribution in [-0.4, -0.2) is 93.4 Å². The fourth-order valence-electron chi connectivity index (χ4n) is 8.49. The van der Waals surface area contributed by atoms with Crippen molar-refractivity contribution in [3.05, 3.63) is 0 Å². The molecule has 0 aromatic carbocycles. The number of piperidine rings is 2. The fourth-order valence-corrected chi connectivity index (χ4v) is 8.49. The van der Waals surface area contributed by atoms with E-state index in [4.69, 9.17) is 14.2 Å². The van der Waals surface area contributed by atoms with Crippen LogP contribution in [0.4, 0.5) is 0 Å². The Bertz CT molecular complexity index is 1090. The Kier molecular flexibility index (Phi) is 19.1. The average molecular weight is 756 g/mol. The number of nitrogens with one attached hydrogen (secondary N) is 3.